The molecule has 284 valence electrons. The van der Waals surface area contributed by atoms with Crippen LogP contribution in [0.15, 0.2) is 218 Å². The molecule has 12 rings (SSSR count). The van der Waals surface area contributed by atoms with Crippen molar-refractivity contribution in [2.45, 2.75) is 0 Å². The number of benzene rings is 9. The molecule has 12 aromatic rings. The lowest BCUT2D eigenvalue weighted by molar-refractivity contribution is 0.918. The standard InChI is InChI=1S/C57H36N4/c1-5-13-38(14-6-1)49-36-45-27-26-44(35-50(45)57-53(49)54(40-17-9-3-10-18-40)60-61(57)48-19-11-4-12-20-48)43-25-21-37-22-28-46(34-47(37)33-43)52-32-30-42-24-23-41-29-31-51(39-15-7-2-8-16-39)58-55(41)56(42)59-52/h1-36H. The molecule has 0 amide bonds. The second-order valence-electron chi connectivity index (χ2n) is 15.7. The lowest BCUT2D eigenvalue weighted by Crippen LogP contribution is -1.97. The first-order chi connectivity index (χ1) is 30.2. The largest absolute Gasteiger partial charge is 0.245 e. The maximum atomic E-state index is 5.41. The van der Waals surface area contributed by atoms with E-state index in [9.17, 15) is 0 Å². The molecule has 0 aliphatic rings. The molecule has 4 heteroatoms. The molecule has 0 saturated carbocycles. The molecule has 0 saturated heterocycles. The van der Waals surface area contributed by atoms with Crippen molar-refractivity contribution in [2.75, 3.05) is 0 Å². The molecule has 3 aromatic heterocycles. The van der Waals surface area contributed by atoms with Crippen molar-refractivity contribution in [3.63, 3.8) is 0 Å². The van der Waals surface area contributed by atoms with E-state index in [1.54, 1.807) is 0 Å². The highest BCUT2D eigenvalue weighted by Gasteiger charge is 2.21. The summed E-state index contributed by atoms with van der Waals surface area (Å²) in [4.78, 5) is 10.4. The van der Waals surface area contributed by atoms with Gasteiger partial charge in [-0.1, -0.05) is 170 Å². The van der Waals surface area contributed by atoms with Crippen molar-refractivity contribution in [3.05, 3.63) is 218 Å². The van der Waals surface area contributed by atoms with Crippen LogP contribution >= 0.6 is 0 Å². The molecule has 3 heterocycles. The van der Waals surface area contributed by atoms with Gasteiger partial charge in [0.05, 0.1) is 33.6 Å². The first kappa shape index (κ1) is 34.8. The maximum Gasteiger partial charge on any atom is 0.101 e. The third-order valence-electron chi connectivity index (χ3n) is 12.0. The van der Waals surface area contributed by atoms with E-state index in [2.05, 4.69) is 217 Å². The molecule has 0 spiro atoms. The van der Waals surface area contributed by atoms with Gasteiger partial charge in [0, 0.05) is 38.2 Å². The average molecular weight is 777 g/mol. The van der Waals surface area contributed by atoms with Gasteiger partial charge in [-0.15, -0.1) is 0 Å². The monoisotopic (exact) mass is 776 g/mol. The fourth-order valence-corrected chi connectivity index (χ4v) is 8.90. The smallest absolute Gasteiger partial charge is 0.101 e. The zero-order chi connectivity index (χ0) is 40.3. The number of aromatic nitrogens is 4. The number of rotatable bonds is 6. The summed E-state index contributed by atoms with van der Waals surface area (Å²) < 4.78 is 2.14. The lowest BCUT2D eigenvalue weighted by atomic mass is 9.92. The molecule has 4 nitrogen and oxygen atoms in total. The van der Waals surface area contributed by atoms with Gasteiger partial charge in [-0.3, -0.25) is 0 Å². The van der Waals surface area contributed by atoms with Crippen molar-refractivity contribution in [3.8, 4) is 61.7 Å². The van der Waals surface area contributed by atoms with Gasteiger partial charge in [0.15, 0.2) is 0 Å². The predicted octanol–water partition coefficient (Wildman–Crippen LogP) is 14.8. The average Bonchev–Trinajstić information content (AvgIpc) is 3.75. The van der Waals surface area contributed by atoms with E-state index in [4.69, 9.17) is 15.1 Å². The van der Waals surface area contributed by atoms with E-state index in [0.717, 1.165) is 111 Å². The van der Waals surface area contributed by atoms with E-state index < -0.39 is 0 Å². The zero-order valence-electron chi connectivity index (χ0n) is 33.1. The van der Waals surface area contributed by atoms with Crippen LogP contribution in [0.25, 0.3) is 116 Å². The summed E-state index contributed by atoms with van der Waals surface area (Å²) in [6.07, 6.45) is 0. The quantitative estimate of drug-likeness (QED) is 0.158. The van der Waals surface area contributed by atoms with E-state index in [1.807, 2.05) is 6.07 Å². The molecular formula is C57H36N4. The van der Waals surface area contributed by atoms with Crippen LogP contribution in [-0.4, -0.2) is 19.7 Å². The van der Waals surface area contributed by atoms with Gasteiger partial charge >= 0.3 is 0 Å². The van der Waals surface area contributed by atoms with Crippen molar-refractivity contribution in [2.24, 2.45) is 0 Å². The SMILES string of the molecule is c1ccc(-c2ccc3ccc4ccc(-c5ccc6ccc(-c7ccc8cc(-c9ccccc9)c9c(-c%10ccccc%10)nn(-c%10ccccc%10)c9c8c7)cc6c5)nc4c3n2)cc1. The molecule has 0 radical (unpaired) electrons. The minimum Gasteiger partial charge on any atom is -0.245 e. The Morgan fingerprint density at radius 2 is 0.820 bits per heavy atom. The van der Waals surface area contributed by atoms with Crippen LogP contribution in [0, 0.1) is 0 Å². The summed E-state index contributed by atoms with van der Waals surface area (Å²) in [5.41, 5.74) is 14.6. The maximum absolute atomic E-state index is 5.41. The number of hydrogen-bond acceptors (Lipinski definition) is 3. The number of para-hydroxylation sites is 1. The second kappa shape index (κ2) is 14.3. The summed E-state index contributed by atoms with van der Waals surface area (Å²) in [6.45, 7) is 0. The Morgan fingerprint density at radius 3 is 1.48 bits per heavy atom. The molecule has 9 aromatic carbocycles. The number of hydrogen-bond donors (Lipinski definition) is 0. The van der Waals surface area contributed by atoms with Crippen LogP contribution in [0.5, 0.6) is 0 Å². The first-order valence-corrected chi connectivity index (χ1v) is 20.7. The number of nitrogens with zero attached hydrogens (tertiary/aromatic N) is 4. The molecule has 0 atom stereocenters. The van der Waals surface area contributed by atoms with E-state index >= 15 is 0 Å². The van der Waals surface area contributed by atoms with Crippen LogP contribution in [0.3, 0.4) is 0 Å². The van der Waals surface area contributed by atoms with E-state index in [1.165, 1.54) is 5.39 Å². The fraction of sp³-hybridized carbons (Fsp3) is 0. The van der Waals surface area contributed by atoms with Crippen molar-refractivity contribution in [1.82, 2.24) is 19.7 Å². The van der Waals surface area contributed by atoms with E-state index in [-0.39, 0.29) is 0 Å². The third kappa shape index (κ3) is 6.04. The Morgan fingerprint density at radius 1 is 0.328 bits per heavy atom. The van der Waals surface area contributed by atoms with Gasteiger partial charge in [0.1, 0.15) is 5.69 Å². The topological polar surface area (TPSA) is 43.6 Å². The van der Waals surface area contributed by atoms with Crippen LogP contribution < -0.4 is 0 Å². The predicted molar refractivity (Wildman–Crippen MR) is 254 cm³/mol. The van der Waals surface area contributed by atoms with Crippen LogP contribution in [0.1, 0.15) is 0 Å². The minimum atomic E-state index is 0.907. The molecular weight excluding hydrogens is 741 g/mol. The van der Waals surface area contributed by atoms with Gasteiger partial charge in [-0.2, -0.15) is 5.10 Å². The normalized spacial score (nSPS) is 11.6. The van der Waals surface area contributed by atoms with Crippen molar-refractivity contribution in [1.29, 1.82) is 0 Å². The van der Waals surface area contributed by atoms with Gasteiger partial charge in [-0.05, 0) is 86.9 Å². The summed E-state index contributed by atoms with van der Waals surface area (Å²) in [7, 11) is 0. The molecule has 61 heavy (non-hydrogen) atoms. The highest BCUT2D eigenvalue weighted by molar-refractivity contribution is 6.18. The van der Waals surface area contributed by atoms with Crippen molar-refractivity contribution >= 4 is 54.3 Å². The summed E-state index contributed by atoms with van der Waals surface area (Å²) in [5, 5.41) is 13.3. The zero-order valence-corrected chi connectivity index (χ0v) is 33.1. The Hall–Kier alpha value is -8.21. The lowest BCUT2D eigenvalue weighted by Gasteiger charge is -2.13. The number of pyridine rings is 2. The molecule has 0 fully saturated rings. The minimum absolute atomic E-state index is 0.907. The molecule has 0 bridgehead atoms. The Kier molecular flexibility index (Phi) is 8.13. The van der Waals surface area contributed by atoms with Crippen LogP contribution in [0.4, 0.5) is 0 Å². The van der Waals surface area contributed by atoms with Gasteiger partial charge in [0.2, 0.25) is 0 Å². The van der Waals surface area contributed by atoms with Gasteiger partial charge < -0.3 is 0 Å². The van der Waals surface area contributed by atoms with Gasteiger partial charge in [-0.25, -0.2) is 14.6 Å². The first-order valence-electron chi connectivity index (χ1n) is 20.7. The Labute approximate surface area is 352 Å². The van der Waals surface area contributed by atoms with Crippen molar-refractivity contribution < 1.29 is 0 Å². The highest BCUT2D eigenvalue weighted by atomic mass is 15.3. The summed E-state index contributed by atoms with van der Waals surface area (Å²) in [6, 6.07) is 77.5. The van der Waals surface area contributed by atoms with E-state index in [0.29, 0.717) is 0 Å². The Bertz CT molecular complexity index is 3620. The molecule has 0 aliphatic heterocycles. The fourth-order valence-electron chi connectivity index (χ4n) is 8.90. The highest BCUT2D eigenvalue weighted by Crippen LogP contribution is 2.43. The Balaban J connectivity index is 1.01. The van der Waals surface area contributed by atoms with Crippen LogP contribution in [-0.2, 0) is 0 Å². The van der Waals surface area contributed by atoms with Gasteiger partial charge in [0.25, 0.3) is 0 Å². The molecule has 0 aliphatic carbocycles. The summed E-state index contributed by atoms with van der Waals surface area (Å²) >= 11 is 0. The molecule has 0 unspecified atom stereocenters. The number of fused-ring (bicyclic) bond motifs is 7. The summed E-state index contributed by atoms with van der Waals surface area (Å²) in [5.74, 6) is 0. The second-order valence-corrected chi connectivity index (χ2v) is 15.7. The third-order valence-corrected chi connectivity index (χ3v) is 12.0. The molecule has 0 N–H and O–H groups in total. The van der Waals surface area contributed by atoms with Crippen LogP contribution in [0.2, 0.25) is 0 Å².